The smallest absolute Gasteiger partial charge is 0.251 e. The van der Waals surface area contributed by atoms with Gasteiger partial charge >= 0.3 is 0 Å². The van der Waals surface area contributed by atoms with E-state index in [1.165, 1.54) is 16.8 Å². The number of benzene rings is 2. The second-order valence-electron chi connectivity index (χ2n) is 7.00. The fourth-order valence-electron chi connectivity index (χ4n) is 3.47. The third-order valence-corrected chi connectivity index (χ3v) is 5.05. The number of halogens is 2. The number of aromatic nitrogens is 2. The third kappa shape index (κ3) is 3.61. The van der Waals surface area contributed by atoms with Gasteiger partial charge < -0.3 is 10.6 Å². The van der Waals surface area contributed by atoms with Crippen LogP contribution in [0.25, 0.3) is 11.1 Å². The molecule has 0 saturated heterocycles. The maximum absolute atomic E-state index is 14.0. The summed E-state index contributed by atoms with van der Waals surface area (Å²) in [5.74, 6) is -0.810. The molecule has 2 heterocycles. The highest BCUT2D eigenvalue weighted by atomic mass is 35.5. The predicted octanol–water partition coefficient (Wildman–Crippen LogP) is 4.48. The molecule has 1 aliphatic heterocycles. The SMILES string of the molecule is Cc1ccc(NC(=O)CC2C(=O)Nc3c(-c4cccc(Cl)c4)c(C)nn32)c(F)c1. The quantitative estimate of drug-likeness (QED) is 0.663. The average Bonchev–Trinajstić information content (AvgIpc) is 3.11. The van der Waals surface area contributed by atoms with Gasteiger partial charge in [-0.25, -0.2) is 9.07 Å². The Bertz CT molecular complexity index is 1140. The molecule has 0 fully saturated rings. The van der Waals surface area contributed by atoms with E-state index in [0.717, 1.165) is 16.7 Å². The second kappa shape index (κ2) is 7.33. The molecular weight excluding hydrogens is 395 g/mol. The van der Waals surface area contributed by atoms with Crippen LogP contribution in [0.5, 0.6) is 0 Å². The van der Waals surface area contributed by atoms with Gasteiger partial charge in [-0.15, -0.1) is 0 Å². The summed E-state index contributed by atoms with van der Waals surface area (Å²) in [5, 5.41) is 10.4. The molecule has 1 unspecified atom stereocenters. The van der Waals surface area contributed by atoms with Gasteiger partial charge in [-0.1, -0.05) is 29.8 Å². The lowest BCUT2D eigenvalue weighted by molar-refractivity contribution is -0.123. The standard InChI is InChI=1S/C21H18ClFN4O2/c1-11-6-7-16(15(23)8-11)24-18(28)10-17-21(29)25-20-19(12(2)26-27(17)20)13-4-3-5-14(22)9-13/h3-9,17H,10H2,1-2H3,(H,24,28)(H,25,29). The molecule has 8 heteroatoms. The largest absolute Gasteiger partial charge is 0.324 e. The van der Waals surface area contributed by atoms with Gasteiger partial charge in [0.25, 0.3) is 5.91 Å². The van der Waals surface area contributed by atoms with Gasteiger partial charge in [-0.05, 0) is 49.2 Å². The molecule has 2 N–H and O–H groups in total. The Hall–Kier alpha value is -3.19. The number of rotatable bonds is 4. The van der Waals surface area contributed by atoms with Crippen LogP contribution in [0, 0.1) is 19.7 Å². The average molecular weight is 413 g/mol. The fourth-order valence-corrected chi connectivity index (χ4v) is 3.66. The lowest BCUT2D eigenvalue weighted by atomic mass is 10.1. The van der Waals surface area contributed by atoms with Crippen molar-refractivity contribution in [2.24, 2.45) is 0 Å². The van der Waals surface area contributed by atoms with Crippen LogP contribution < -0.4 is 10.6 Å². The highest BCUT2D eigenvalue weighted by Gasteiger charge is 2.36. The molecule has 3 aromatic rings. The van der Waals surface area contributed by atoms with Crippen molar-refractivity contribution in [2.45, 2.75) is 26.3 Å². The van der Waals surface area contributed by atoms with E-state index in [1.54, 1.807) is 25.1 Å². The van der Waals surface area contributed by atoms with Crippen molar-refractivity contribution in [3.8, 4) is 11.1 Å². The van der Waals surface area contributed by atoms with Crippen LogP contribution in [0.3, 0.4) is 0 Å². The van der Waals surface area contributed by atoms with Crippen molar-refractivity contribution in [1.29, 1.82) is 0 Å². The number of carbonyl (C=O) groups is 2. The summed E-state index contributed by atoms with van der Waals surface area (Å²) in [6.45, 7) is 3.59. The van der Waals surface area contributed by atoms with Crippen molar-refractivity contribution in [1.82, 2.24) is 9.78 Å². The van der Waals surface area contributed by atoms with E-state index in [2.05, 4.69) is 15.7 Å². The molecule has 1 aliphatic rings. The van der Waals surface area contributed by atoms with Gasteiger partial charge in [0.1, 0.15) is 17.7 Å². The highest BCUT2D eigenvalue weighted by molar-refractivity contribution is 6.30. The Kier molecular flexibility index (Phi) is 4.84. The van der Waals surface area contributed by atoms with Crippen LogP contribution in [0.4, 0.5) is 15.9 Å². The number of hydrogen-bond acceptors (Lipinski definition) is 3. The summed E-state index contributed by atoms with van der Waals surface area (Å²) in [6.07, 6.45) is -0.164. The molecule has 6 nitrogen and oxygen atoms in total. The number of amides is 2. The Morgan fingerprint density at radius 1 is 1.28 bits per heavy atom. The van der Waals surface area contributed by atoms with E-state index in [-0.39, 0.29) is 18.0 Å². The Morgan fingerprint density at radius 3 is 2.79 bits per heavy atom. The van der Waals surface area contributed by atoms with Crippen molar-refractivity contribution < 1.29 is 14.0 Å². The van der Waals surface area contributed by atoms with E-state index in [4.69, 9.17) is 11.6 Å². The van der Waals surface area contributed by atoms with Crippen molar-refractivity contribution >= 4 is 34.9 Å². The first-order valence-electron chi connectivity index (χ1n) is 9.05. The van der Waals surface area contributed by atoms with Crippen LogP contribution in [0.1, 0.15) is 23.7 Å². The van der Waals surface area contributed by atoms with Crippen LogP contribution in [0.15, 0.2) is 42.5 Å². The van der Waals surface area contributed by atoms with Gasteiger partial charge in [0.05, 0.1) is 17.8 Å². The van der Waals surface area contributed by atoms with Gasteiger partial charge in [0.2, 0.25) is 5.91 Å². The monoisotopic (exact) mass is 412 g/mol. The molecule has 148 valence electrons. The molecule has 1 atom stereocenters. The summed E-state index contributed by atoms with van der Waals surface area (Å²) in [4.78, 5) is 25.0. The molecular formula is C21H18ClFN4O2. The van der Waals surface area contributed by atoms with E-state index in [1.807, 2.05) is 19.1 Å². The first-order chi connectivity index (χ1) is 13.8. The van der Waals surface area contributed by atoms with Crippen molar-refractivity contribution in [3.05, 3.63) is 64.6 Å². The number of anilines is 2. The Labute approximate surface area is 171 Å². The number of nitrogens with zero attached hydrogens (tertiary/aromatic N) is 2. The van der Waals surface area contributed by atoms with Crippen molar-refractivity contribution in [2.75, 3.05) is 10.6 Å². The van der Waals surface area contributed by atoms with Crippen molar-refractivity contribution in [3.63, 3.8) is 0 Å². The summed E-state index contributed by atoms with van der Waals surface area (Å²) in [6, 6.07) is 11.0. The molecule has 0 spiro atoms. The molecule has 4 rings (SSSR count). The number of fused-ring (bicyclic) bond motifs is 1. The normalized spacial score (nSPS) is 15.2. The van der Waals surface area contributed by atoms with E-state index in [9.17, 15) is 14.0 Å². The van der Waals surface area contributed by atoms with Gasteiger partial charge in [0, 0.05) is 10.6 Å². The number of hydrogen-bond donors (Lipinski definition) is 2. The maximum Gasteiger partial charge on any atom is 0.251 e. The van der Waals surface area contributed by atoms with Crippen LogP contribution in [0.2, 0.25) is 5.02 Å². The fraction of sp³-hybridized carbons (Fsp3) is 0.190. The number of aryl methyl sites for hydroxylation is 2. The van der Waals surface area contributed by atoms with Crippen LogP contribution in [-0.4, -0.2) is 21.6 Å². The lowest BCUT2D eigenvalue weighted by Gasteiger charge is -2.11. The lowest BCUT2D eigenvalue weighted by Crippen LogP contribution is -2.24. The van der Waals surface area contributed by atoms with E-state index >= 15 is 0 Å². The predicted molar refractivity (Wildman–Crippen MR) is 109 cm³/mol. The summed E-state index contributed by atoms with van der Waals surface area (Å²) in [7, 11) is 0. The summed E-state index contributed by atoms with van der Waals surface area (Å²) >= 11 is 6.09. The molecule has 0 saturated carbocycles. The van der Waals surface area contributed by atoms with Gasteiger partial charge in [0.15, 0.2) is 0 Å². The molecule has 0 aliphatic carbocycles. The Morgan fingerprint density at radius 2 is 2.07 bits per heavy atom. The first-order valence-corrected chi connectivity index (χ1v) is 9.43. The molecule has 2 aromatic carbocycles. The Balaban J connectivity index is 1.59. The minimum atomic E-state index is -0.815. The maximum atomic E-state index is 14.0. The van der Waals surface area contributed by atoms with E-state index < -0.39 is 17.8 Å². The van der Waals surface area contributed by atoms with Crippen LogP contribution >= 0.6 is 11.6 Å². The zero-order valence-corrected chi connectivity index (χ0v) is 16.5. The molecule has 0 radical (unpaired) electrons. The zero-order valence-electron chi connectivity index (χ0n) is 15.8. The van der Waals surface area contributed by atoms with E-state index in [0.29, 0.717) is 16.5 Å². The molecule has 1 aromatic heterocycles. The summed E-state index contributed by atoms with van der Waals surface area (Å²) in [5.41, 5.74) is 3.12. The first kappa shape index (κ1) is 19.1. The van der Waals surface area contributed by atoms with Crippen LogP contribution in [-0.2, 0) is 9.59 Å². The number of nitrogens with one attached hydrogen (secondary N) is 2. The molecule has 29 heavy (non-hydrogen) atoms. The third-order valence-electron chi connectivity index (χ3n) is 4.82. The zero-order chi connectivity index (χ0) is 20.7. The topological polar surface area (TPSA) is 76.0 Å². The highest BCUT2D eigenvalue weighted by Crippen LogP contribution is 2.38. The minimum absolute atomic E-state index is 0.0792. The minimum Gasteiger partial charge on any atom is -0.324 e. The van der Waals surface area contributed by atoms with Gasteiger partial charge in [-0.2, -0.15) is 5.10 Å². The summed E-state index contributed by atoms with van der Waals surface area (Å²) < 4.78 is 15.5. The molecule has 0 bridgehead atoms. The molecule has 2 amide bonds. The van der Waals surface area contributed by atoms with Gasteiger partial charge in [-0.3, -0.25) is 9.59 Å². The number of carbonyl (C=O) groups excluding carboxylic acids is 2. The second-order valence-corrected chi connectivity index (χ2v) is 7.44.